The van der Waals surface area contributed by atoms with Gasteiger partial charge in [-0.3, -0.25) is 19.3 Å². The number of pyridine rings is 1. The lowest BCUT2D eigenvalue weighted by molar-refractivity contribution is -0.140. The third kappa shape index (κ3) is 3.70. The summed E-state index contributed by atoms with van der Waals surface area (Å²) in [7, 11) is 1.40. The van der Waals surface area contributed by atoms with Crippen LogP contribution in [0.15, 0.2) is 58.3 Å². The Bertz CT molecular complexity index is 1150. The van der Waals surface area contributed by atoms with Gasteiger partial charge in [-0.25, -0.2) is 4.98 Å². The number of nitrogens with zero attached hydrogens (tertiary/aromatic N) is 4. The maximum Gasteiger partial charge on any atom is 0.305 e. The fourth-order valence-corrected chi connectivity index (χ4v) is 4.37. The number of aromatic nitrogens is 3. The molecule has 2 aliphatic heterocycles. The van der Waals surface area contributed by atoms with Crippen LogP contribution in [0.3, 0.4) is 0 Å². The fourth-order valence-electron chi connectivity index (χ4n) is 4.01. The first kappa shape index (κ1) is 20.1. The molecule has 2 aromatic heterocycles. The molecular weight excluding hydrogens is 460 g/mol. The lowest BCUT2D eigenvalue weighted by Gasteiger charge is -2.27. The molecule has 0 radical (unpaired) electrons. The quantitative estimate of drug-likeness (QED) is 0.515. The predicted molar refractivity (Wildman–Crippen MR) is 119 cm³/mol. The zero-order chi connectivity index (χ0) is 21.4. The average molecular weight is 481 g/mol. The molecule has 0 N–H and O–H groups in total. The number of hydrogen-bond donors (Lipinski definition) is 0. The van der Waals surface area contributed by atoms with Crippen molar-refractivity contribution in [3.63, 3.8) is 0 Å². The molecule has 1 saturated heterocycles. The van der Waals surface area contributed by atoms with Crippen molar-refractivity contribution < 1.29 is 14.3 Å². The Balaban J connectivity index is 1.71. The third-order valence-corrected chi connectivity index (χ3v) is 6.16. The first-order valence-corrected chi connectivity index (χ1v) is 11.0. The van der Waals surface area contributed by atoms with Gasteiger partial charge in [-0.05, 0) is 36.8 Å². The van der Waals surface area contributed by atoms with Crippen LogP contribution in [-0.2, 0) is 14.3 Å². The number of aliphatic imine (C=N–C) groups is 1. The summed E-state index contributed by atoms with van der Waals surface area (Å²) in [6, 6.07) is 11.6. The number of halogens is 1. The van der Waals surface area contributed by atoms with Crippen LogP contribution < -0.4 is 0 Å². The lowest BCUT2D eigenvalue weighted by atomic mass is 10.0. The largest absolute Gasteiger partial charge is 0.469 e. The molecule has 0 saturated carbocycles. The highest BCUT2D eigenvalue weighted by molar-refractivity contribution is 9.10. The molecule has 31 heavy (non-hydrogen) atoms. The molecule has 8 heteroatoms. The molecule has 0 unspecified atom stereocenters. The van der Waals surface area contributed by atoms with E-state index in [1.165, 1.54) is 7.11 Å². The molecule has 0 aliphatic carbocycles. The number of imidazole rings is 1. The van der Waals surface area contributed by atoms with Gasteiger partial charge in [0.25, 0.3) is 0 Å². The van der Waals surface area contributed by atoms with Gasteiger partial charge < -0.3 is 9.47 Å². The van der Waals surface area contributed by atoms with Crippen molar-refractivity contribution in [2.24, 2.45) is 4.99 Å². The van der Waals surface area contributed by atoms with Crippen LogP contribution in [0.25, 0.3) is 5.69 Å². The molecule has 5 rings (SSSR count). The molecule has 1 fully saturated rings. The molecule has 0 amide bonds. The number of rotatable bonds is 5. The van der Waals surface area contributed by atoms with E-state index in [2.05, 4.69) is 37.6 Å². The minimum atomic E-state index is -0.308. The van der Waals surface area contributed by atoms with Crippen molar-refractivity contribution in [2.75, 3.05) is 20.3 Å². The van der Waals surface area contributed by atoms with E-state index in [1.54, 1.807) is 6.20 Å². The molecule has 2 aliphatic rings. The summed E-state index contributed by atoms with van der Waals surface area (Å²) in [4.78, 5) is 26.3. The van der Waals surface area contributed by atoms with Crippen LogP contribution in [0.2, 0.25) is 0 Å². The molecule has 1 atom stereocenters. The van der Waals surface area contributed by atoms with E-state index < -0.39 is 0 Å². The van der Waals surface area contributed by atoms with Crippen molar-refractivity contribution in [3.8, 4) is 5.69 Å². The summed E-state index contributed by atoms with van der Waals surface area (Å²) >= 11 is 3.61. The topological polar surface area (TPSA) is 78.6 Å². The highest BCUT2D eigenvalue weighted by Crippen LogP contribution is 2.37. The van der Waals surface area contributed by atoms with Crippen molar-refractivity contribution >= 4 is 27.6 Å². The highest BCUT2D eigenvalue weighted by atomic mass is 79.9. The van der Waals surface area contributed by atoms with Gasteiger partial charge in [0.15, 0.2) is 0 Å². The summed E-state index contributed by atoms with van der Waals surface area (Å²) in [6.07, 6.45) is 4.44. The Morgan fingerprint density at radius 2 is 2.13 bits per heavy atom. The summed E-state index contributed by atoms with van der Waals surface area (Å²) < 4.78 is 13.5. The Morgan fingerprint density at radius 1 is 1.26 bits per heavy atom. The second-order valence-electron chi connectivity index (χ2n) is 7.60. The fraction of sp³-hybridized carbons (Fsp3) is 0.304. The zero-order valence-electron chi connectivity index (χ0n) is 17.0. The standard InChI is InChI=1S/C23H21BrN4O3/c1-30-21(29)8-6-18-23-26-11-20(14-12-31-13-14)28(23)19-7-5-15(24)10-16(19)22(27-18)17-4-2-3-9-25-17/h2-5,7,9-11,14,18H,6,8,12-13H2,1H3/t18-/m0/s1. The van der Waals surface area contributed by atoms with Crippen LogP contribution in [-0.4, -0.2) is 46.5 Å². The lowest BCUT2D eigenvalue weighted by Crippen LogP contribution is -2.27. The highest BCUT2D eigenvalue weighted by Gasteiger charge is 2.33. The van der Waals surface area contributed by atoms with Gasteiger partial charge >= 0.3 is 5.97 Å². The summed E-state index contributed by atoms with van der Waals surface area (Å²) in [5.41, 5.74) is 4.64. The maximum absolute atomic E-state index is 11.9. The Kier molecular flexibility index (Phi) is 5.41. The second kappa shape index (κ2) is 8.36. The van der Waals surface area contributed by atoms with E-state index in [0.717, 1.165) is 38.6 Å². The number of ether oxygens (including phenoxy) is 2. The predicted octanol–water partition coefficient (Wildman–Crippen LogP) is 3.99. The number of carbonyl (C=O) groups excluding carboxylic acids is 1. The van der Waals surface area contributed by atoms with Gasteiger partial charge in [0, 0.05) is 34.8 Å². The summed E-state index contributed by atoms with van der Waals surface area (Å²) in [5.74, 6) is 0.848. The van der Waals surface area contributed by atoms with Gasteiger partial charge in [0.05, 0.1) is 43.1 Å². The molecule has 1 aromatic carbocycles. The number of hydrogen-bond acceptors (Lipinski definition) is 6. The molecular formula is C23H21BrN4O3. The van der Waals surface area contributed by atoms with Crippen LogP contribution >= 0.6 is 15.9 Å². The average Bonchev–Trinajstić information content (AvgIpc) is 3.11. The minimum absolute atomic E-state index is 0.259. The van der Waals surface area contributed by atoms with Gasteiger partial charge in [-0.1, -0.05) is 22.0 Å². The third-order valence-electron chi connectivity index (χ3n) is 5.67. The second-order valence-corrected chi connectivity index (χ2v) is 8.51. The van der Waals surface area contributed by atoms with Crippen molar-refractivity contribution in [2.45, 2.75) is 24.8 Å². The first-order chi connectivity index (χ1) is 15.2. The van der Waals surface area contributed by atoms with Crippen LogP contribution in [0, 0.1) is 0 Å². The Morgan fingerprint density at radius 3 is 2.84 bits per heavy atom. The van der Waals surface area contributed by atoms with E-state index in [1.807, 2.05) is 30.5 Å². The molecule has 4 heterocycles. The normalized spacial score (nSPS) is 17.7. The molecule has 158 valence electrons. The molecule has 0 bridgehead atoms. The zero-order valence-corrected chi connectivity index (χ0v) is 18.6. The number of fused-ring (bicyclic) bond motifs is 3. The van der Waals surface area contributed by atoms with Crippen LogP contribution in [0.1, 0.15) is 47.6 Å². The van der Waals surface area contributed by atoms with Crippen molar-refractivity contribution in [3.05, 3.63) is 76.0 Å². The smallest absolute Gasteiger partial charge is 0.305 e. The molecule has 0 spiro atoms. The number of esters is 1. The van der Waals surface area contributed by atoms with Gasteiger partial charge in [-0.2, -0.15) is 0 Å². The van der Waals surface area contributed by atoms with Crippen LogP contribution in [0.5, 0.6) is 0 Å². The maximum atomic E-state index is 11.9. The van der Waals surface area contributed by atoms with E-state index in [4.69, 9.17) is 19.5 Å². The van der Waals surface area contributed by atoms with Gasteiger partial charge in [0.1, 0.15) is 11.9 Å². The van der Waals surface area contributed by atoms with E-state index in [0.29, 0.717) is 19.6 Å². The number of carbonyl (C=O) groups is 1. The van der Waals surface area contributed by atoms with E-state index >= 15 is 0 Å². The number of methoxy groups -OCH3 is 1. The van der Waals surface area contributed by atoms with E-state index in [9.17, 15) is 4.79 Å². The monoisotopic (exact) mass is 480 g/mol. The molecule has 7 nitrogen and oxygen atoms in total. The summed E-state index contributed by atoms with van der Waals surface area (Å²) in [6.45, 7) is 1.36. The van der Waals surface area contributed by atoms with Gasteiger partial charge in [-0.15, -0.1) is 0 Å². The van der Waals surface area contributed by atoms with Crippen LogP contribution in [0.4, 0.5) is 0 Å². The van der Waals surface area contributed by atoms with E-state index in [-0.39, 0.29) is 24.3 Å². The summed E-state index contributed by atoms with van der Waals surface area (Å²) in [5, 5.41) is 0. The van der Waals surface area contributed by atoms with Crippen molar-refractivity contribution in [1.29, 1.82) is 0 Å². The number of benzene rings is 1. The molecule has 3 aromatic rings. The first-order valence-electron chi connectivity index (χ1n) is 10.2. The SMILES string of the molecule is COC(=O)CC[C@@H]1N=C(c2ccccn2)c2cc(Br)ccc2-n2c(C3COC3)cnc21. The minimum Gasteiger partial charge on any atom is -0.469 e. The van der Waals surface area contributed by atoms with Crippen molar-refractivity contribution in [1.82, 2.24) is 14.5 Å². The Hall–Kier alpha value is -2.84. The Labute approximate surface area is 188 Å². The van der Waals surface area contributed by atoms with Gasteiger partial charge in [0.2, 0.25) is 0 Å².